The van der Waals surface area contributed by atoms with E-state index in [1.54, 1.807) is 38.1 Å². The molecule has 0 bridgehead atoms. The fourth-order valence-corrected chi connectivity index (χ4v) is 5.13. The minimum atomic E-state index is -3.72. The lowest BCUT2D eigenvalue weighted by Crippen LogP contribution is -2.30. The average molecular weight is 484 g/mol. The van der Waals surface area contributed by atoms with Gasteiger partial charge in [-0.05, 0) is 54.6 Å². The monoisotopic (exact) mass is 483 g/mol. The van der Waals surface area contributed by atoms with Gasteiger partial charge in [-0.1, -0.05) is 37.6 Å². The molecule has 1 aromatic heterocycles. The van der Waals surface area contributed by atoms with Gasteiger partial charge in [-0.3, -0.25) is 4.79 Å². The van der Waals surface area contributed by atoms with Crippen LogP contribution in [0.4, 0.5) is 5.69 Å². The number of fused-ring (bicyclic) bond motifs is 1. The molecule has 0 radical (unpaired) electrons. The number of halogens is 1. The first-order valence-electron chi connectivity index (χ1n) is 10.4. The maximum atomic E-state index is 12.9. The molecular formula is C24H22ClN3O4S. The van der Waals surface area contributed by atoms with Gasteiger partial charge >= 0.3 is 0 Å². The molecule has 1 amide bonds. The topological polar surface area (TPSA) is 92.5 Å². The smallest absolute Gasteiger partial charge is 0.257 e. The minimum Gasteiger partial charge on any atom is -0.436 e. The van der Waals surface area contributed by atoms with Gasteiger partial charge in [0.2, 0.25) is 15.9 Å². The molecule has 0 saturated carbocycles. The molecule has 0 saturated heterocycles. The molecule has 170 valence electrons. The molecule has 1 heterocycles. The maximum Gasteiger partial charge on any atom is 0.257 e. The van der Waals surface area contributed by atoms with Gasteiger partial charge in [-0.25, -0.2) is 13.4 Å². The van der Waals surface area contributed by atoms with Crippen LogP contribution in [-0.2, 0) is 10.0 Å². The Morgan fingerprint density at radius 3 is 2.39 bits per heavy atom. The van der Waals surface area contributed by atoms with Crippen molar-refractivity contribution in [2.75, 3.05) is 18.4 Å². The Balaban J connectivity index is 1.56. The predicted octanol–water partition coefficient (Wildman–Crippen LogP) is 5.43. The van der Waals surface area contributed by atoms with Crippen molar-refractivity contribution in [1.29, 1.82) is 0 Å². The first-order valence-corrected chi connectivity index (χ1v) is 12.2. The minimum absolute atomic E-state index is 0.0204. The van der Waals surface area contributed by atoms with Crippen molar-refractivity contribution in [3.05, 3.63) is 77.3 Å². The number of hydrogen-bond donors (Lipinski definition) is 1. The van der Waals surface area contributed by atoms with E-state index in [2.05, 4.69) is 10.3 Å². The largest absolute Gasteiger partial charge is 0.436 e. The molecule has 0 unspecified atom stereocenters. The molecule has 0 aliphatic carbocycles. The van der Waals surface area contributed by atoms with Crippen LogP contribution in [0.25, 0.3) is 22.6 Å². The van der Waals surface area contributed by atoms with Crippen LogP contribution in [0, 0.1) is 0 Å². The summed E-state index contributed by atoms with van der Waals surface area (Å²) in [5.74, 6) is -0.0300. The van der Waals surface area contributed by atoms with Crippen LogP contribution >= 0.6 is 11.6 Å². The van der Waals surface area contributed by atoms with Crippen LogP contribution in [0.3, 0.4) is 0 Å². The van der Waals surface area contributed by atoms with Crippen LogP contribution in [0.15, 0.2) is 76.0 Å². The number of benzene rings is 3. The van der Waals surface area contributed by atoms with E-state index in [4.69, 9.17) is 16.0 Å². The number of amides is 1. The summed E-state index contributed by atoms with van der Waals surface area (Å²) in [4.78, 5) is 17.3. The van der Waals surface area contributed by atoms with E-state index in [9.17, 15) is 13.2 Å². The van der Waals surface area contributed by atoms with Gasteiger partial charge in [0.1, 0.15) is 5.52 Å². The predicted molar refractivity (Wildman–Crippen MR) is 129 cm³/mol. The number of rotatable bonds is 7. The number of aromatic nitrogens is 1. The highest BCUT2D eigenvalue weighted by Crippen LogP contribution is 2.27. The van der Waals surface area contributed by atoms with Crippen molar-refractivity contribution >= 4 is 44.3 Å². The molecule has 33 heavy (non-hydrogen) atoms. The second-order valence-electron chi connectivity index (χ2n) is 7.25. The first-order chi connectivity index (χ1) is 15.8. The van der Waals surface area contributed by atoms with Crippen LogP contribution in [0.5, 0.6) is 0 Å². The van der Waals surface area contributed by atoms with E-state index in [0.717, 1.165) is 11.1 Å². The lowest BCUT2D eigenvalue weighted by atomic mass is 10.2. The number of carbonyl (C=O) groups is 1. The van der Waals surface area contributed by atoms with E-state index in [1.807, 2.05) is 24.3 Å². The Kier molecular flexibility index (Phi) is 6.51. The van der Waals surface area contributed by atoms with E-state index in [0.29, 0.717) is 30.3 Å². The van der Waals surface area contributed by atoms with Crippen molar-refractivity contribution < 1.29 is 17.6 Å². The molecule has 0 fully saturated rings. The maximum absolute atomic E-state index is 12.9. The van der Waals surface area contributed by atoms with Crippen LogP contribution in [-0.4, -0.2) is 36.7 Å². The molecule has 7 nitrogen and oxygen atoms in total. The third-order valence-electron chi connectivity index (χ3n) is 5.21. The van der Waals surface area contributed by atoms with Gasteiger partial charge in [0.15, 0.2) is 5.58 Å². The Hall–Kier alpha value is -3.20. The van der Waals surface area contributed by atoms with E-state index in [-0.39, 0.29) is 15.5 Å². The Morgan fingerprint density at radius 2 is 1.73 bits per heavy atom. The zero-order chi connectivity index (χ0) is 23.6. The number of anilines is 1. The van der Waals surface area contributed by atoms with Crippen LogP contribution in [0.1, 0.15) is 24.2 Å². The third kappa shape index (κ3) is 4.64. The highest BCUT2D eigenvalue weighted by atomic mass is 35.5. The number of oxazole rings is 1. The Labute approximate surface area is 197 Å². The quantitative estimate of drug-likeness (QED) is 0.378. The summed E-state index contributed by atoms with van der Waals surface area (Å²) >= 11 is 6.21. The van der Waals surface area contributed by atoms with E-state index < -0.39 is 15.9 Å². The normalized spacial score (nSPS) is 11.8. The summed E-state index contributed by atoms with van der Waals surface area (Å²) in [6.45, 7) is 4.18. The van der Waals surface area contributed by atoms with Gasteiger partial charge in [0.25, 0.3) is 5.91 Å². The van der Waals surface area contributed by atoms with Crippen molar-refractivity contribution in [3.8, 4) is 11.5 Å². The summed E-state index contributed by atoms with van der Waals surface area (Å²) in [7, 11) is -3.72. The van der Waals surface area contributed by atoms with Gasteiger partial charge in [-0.15, -0.1) is 0 Å². The van der Waals surface area contributed by atoms with Gasteiger partial charge in [-0.2, -0.15) is 4.31 Å². The fourth-order valence-electron chi connectivity index (χ4n) is 3.44. The fraction of sp³-hybridized carbons (Fsp3) is 0.167. The van der Waals surface area contributed by atoms with Gasteiger partial charge in [0.05, 0.1) is 15.5 Å². The van der Waals surface area contributed by atoms with E-state index >= 15 is 0 Å². The summed E-state index contributed by atoms with van der Waals surface area (Å²) in [5, 5.41) is 2.92. The molecule has 9 heteroatoms. The van der Waals surface area contributed by atoms with Crippen molar-refractivity contribution in [3.63, 3.8) is 0 Å². The molecule has 4 rings (SSSR count). The third-order valence-corrected chi connectivity index (χ3v) is 7.58. The highest BCUT2D eigenvalue weighted by molar-refractivity contribution is 7.89. The van der Waals surface area contributed by atoms with Gasteiger partial charge in [0, 0.05) is 24.3 Å². The van der Waals surface area contributed by atoms with Crippen LogP contribution in [0.2, 0.25) is 5.02 Å². The lowest BCUT2D eigenvalue weighted by Gasteiger charge is -2.19. The number of nitrogens with one attached hydrogen (secondary N) is 1. The number of para-hydroxylation sites is 2. The second-order valence-corrected chi connectivity index (χ2v) is 9.59. The molecule has 0 atom stereocenters. The summed E-state index contributed by atoms with van der Waals surface area (Å²) in [5.41, 5.74) is 2.81. The molecule has 3 aromatic carbocycles. The van der Waals surface area contributed by atoms with E-state index in [1.165, 1.54) is 22.5 Å². The SMILES string of the molecule is CCN(CC)S(=O)(=O)c1ccc(Cl)c(C(=O)Nc2ccc(-c3nc4ccccc4o3)cc2)c1. The summed E-state index contributed by atoms with van der Waals surface area (Å²) in [6, 6.07) is 18.6. The number of carbonyl (C=O) groups excluding carboxylic acids is 1. The van der Waals surface area contributed by atoms with Crippen molar-refractivity contribution in [1.82, 2.24) is 9.29 Å². The standard InChI is InChI=1S/C24H22ClN3O4S/c1-3-28(4-2)33(30,31)18-13-14-20(25)19(15-18)23(29)26-17-11-9-16(10-12-17)24-27-21-7-5-6-8-22(21)32-24/h5-15H,3-4H2,1-2H3,(H,26,29). The second kappa shape index (κ2) is 9.35. The molecular weight excluding hydrogens is 462 g/mol. The average Bonchev–Trinajstić information content (AvgIpc) is 3.24. The highest BCUT2D eigenvalue weighted by Gasteiger charge is 2.24. The molecule has 1 N–H and O–H groups in total. The Morgan fingerprint density at radius 1 is 1.03 bits per heavy atom. The molecule has 0 spiro atoms. The number of sulfonamides is 1. The van der Waals surface area contributed by atoms with Gasteiger partial charge < -0.3 is 9.73 Å². The summed E-state index contributed by atoms with van der Waals surface area (Å²) in [6.07, 6.45) is 0. The Bertz CT molecular complexity index is 1380. The lowest BCUT2D eigenvalue weighted by molar-refractivity contribution is 0.102. The molecule has 0 aliphatic rings. The molecule has 4 aromatic rings. The zero-order valence-electron chi connectivity index (χ0n) is 18.1. The number of hydrogen-bond acceptors (Lipinski definition) is 5. The molecule has 0 aliphatic heterocycles. The zero-order valence-corrected chi connectivity index (χ0v) is 19.7. The number of nitrogens with zero attached hydrogens (tertiary/aromatic N) is 2. The summed E-state index contributed by atoms with van der Waals surface area (Å²) < 4.78 is 32.7. The van der Waals surface area contributed by atoms with Crippen molar-refractivity contribution in [2.24, 2.45) is 0 Å². The van der Waals surface area contributed by atoms with Crippen molar-refractivity contribution in [2.45, 2.75) is 18.7 Å². The first kappa shape index (κ1) is 23.0. The van der Waals surface area contributed by atoms with Crippen LogP contribution < -0.4 is 5.32 Å².